The fourth-order valence-corrected chi connectivity index (χ4v) is 2.92. The predicted molar refractivity (Wildman–Crippen MR) is 75.0 cm³/mol. The van der Waals surface area contributed by atoms with Crippen molar-refractivity contribution in [2.45, 2.75) is 57.7 Å². The molecule has 2 fully saturated rings. The van der Waals surface area contributed by atoms with Crippen molar-refractivity contribution in [2.24, 2.45) is 5.73 Å². The van der Waals surface area contributed by atoms with Crippen molar-refractivity contribution >= 4 is 6.09 Å². The van der Waals surface area contributed by atoms with Gasteiger partial charge in [0.2, 0.25) is 0 Å². The number of nitrogens with zero attached hydrogens (tertiary/aromatic N) is 2. The third kappa shape index (κ3) is 4.08. The summed E-state index contributed by atoms with van der Waals surface area (Å²) in [6, 6.07) is 0.990. The van der Waals surface area contributed by atoms with Crippen molar-refractivity contribution in [2.75, 3.05) is 26.2 Å². The Morgan fingerprint density at radius 1 is 1.16 bits per heavy atom. The summed E-state index contributed by atoms with van der Waals surface area (Å²) in [5, 5.41) is 0. The lowest BCUT2D eigenvalue weighted by molar-refractivity contribution is 0.0105. The van der Waals surface area contributed by atoms with Crippen LogP contribution in [0.2, 0.25) is 0 Å². The molecule has 5 heteroatoms. The minimum Gasteiger partial charge on any atom is -0.444 e. The summed E-state index contributed by atoms with van der Waals surface area (Å²) in [5.41, 5.74) is 5.56. The van der Waals surface area contributed by atoms with Gasteiger partial charge in [0.15, 0.2) is 0 Å². The second-order valence-corrected chi connectivity index (χ2v) is 6.73. The maximum atomic E-state index is 12.0. The third-order valence-corrected chi connectivity index (χ3v) is 3.93. The van der Waals surface area contributed by atoms with Crippen LogP contribution in [0.3, 0.4) is 0 Å². The van der Waals surface area contributed by atoms with Gasteiger partial charge in [0.05, 0.1) is 0 Å². The Bertz CT molecular complexity index is 319. The molecule has 19 heavy (non-hydrogen) atoms. The van der Waals surface area contributed by atoms with E-state index in [2.05, 4.69) is 4.90 Å². The number of piperazine rings is 1. The zero-order chi connectivity index (χ0) is 14.0. The highest BCUT2D eigenvalue weighted by Crippen LogP contribution is 2.24. The SMILES string of the molecule is CC(C)(C)OC(=O)N1CCN(C2CCC(N)C2)CC1. The molecule has 0 aromatic rings. The number of rotatable bonds is 1. The van der Waals surface area contributed by atoms with Gasteiger partial charge < -0.3 is 15.4 Å². The van der Waals surface area contributed by atoms with E-state index in [1.54, 1.807) is 0 Å². The zero-order valence-electron chi connectivity index (χ0n) is 12.4. The van der Waals surface area contributed by atoms with Gasteiger partial charge in [0.1, 0.15) is 5.60 Å². The molecule has 1 aliphatic heterocycles. The number of hydrogen-bond acceptors (Lipinski definition) is 4. The molecule has 0 bridgehead atoms. The second-order valence-electron chi connectivity index (χ2n) is 6.73. The fourth-order valence-electron chi connectivity index (χ4n) is 2.92. The van der Waals surface area contributed by atoms with Crippen LogP contribution in [0.15, 0.2) is 0 Å². The molecule has 0 spiro atoms. The molecule has 0 aromatic heterocycles. The largest absolute Gasteiger partial charge is 0.444 e. The van der Waals surface area contributed by atoms with Gasteiger partial charge in [-0.05, 0) is 40.0 Å². The maximum Gasteiger partial charge on any atom is 0.410 e. The normalized spacial score (nSPS) is 29.6. The molecule has 2 atom stereocenters. The molecular weight excluding hydrogens is 242 g/mol. The third-order valence-electron chi connectivity index (χ3n) is 3.93. The van der Waals surface area contributed by atoms with Crippen LogP contribution >= 0.6 is 0 Å². The Morgan fingerprint density at radius 3 is 2.26 bits per heavy atom. The predicted octanol–water partition coefficient (Wildman–Crippen LogP) is 1.42. The first-order valence-electron chi connectivity index (χ1n) is 7.33. The highest BCUT2D eigenvalue weighted by atomic mass is 16.6. The summed E-state index contributed by atoms with van der Waals surface area (Å²) in [5.74, 6) is 0. The van der Waals surface area contributed by atoms with Crippen LogP contribution in [-0.4, -0.2) is 59.8 Å². The van der Waals surface area contributed by atoms with E-state index in [0.29, 0.717) is 12.1 Å². The summed E-state index contributed by atoms with van der Waals surface area (Å²) in [7, 11) is 0. The number of carbonyl (C=O) groups is 1. The van der Waals surface area contributed by atoms with E-state index >= 15 is 0 Å². The first-order valence-corrected chi connectivity index (χ1v) is 7.33. The molecule has 1 saturated carbocycles. The van der Waals surface area contributed by atoms with Gasteiger partial charge in [0.25, 0.3) is 0 Å². The van der Waals surface area contributed by atoms with E-state index in [1.807, 2.05) is 25.7 Å². The quantitative estimate of drug-likeness (QED) is 0.782. The summed E-state index contributed by atoms with van der Waals surface area (Å²) in [4.78, 5) is 16.3. The van der Waals surface area contributed by atoms with Crippen molar-refractivity contribution in [1.82, 2.24) is 9.80 Å². The Kier molecular flexibility index (Phi) is 4.36. The molecular formula is C14H27N3O2. The topological polar surface area (TPSA) is 58.8 Å². The zero-order valence-corrected chi connectivity index (χ0v) is 12.4. The molecule has 1 aliphatic carbocycles. The van der Waals surface area contributed by atoms with E-state index < -0.39 is 5.60 Å². The standard InChI is InChI=1S/C14H27N3O2/c1-14(2,3)19-13(18)17-8-6-16(7-9-17)12-5-4-11(15)10-12/h11-12H,4-10,15H2,1-3H3. The highest BCUT2D eigenvalue weighted by Gasteiger charge is 2.31. The van der Waals surface area contributed by atoms with E-state index in [9.17, 15) is 4.79 Å². The lowest BCUT2D eigenvalue weighted by atomic mass is 10.1. The van der Waals surface area contributed by atoms with Gasteiger partial charge in [-0.25, -0.2) is 4.79 Å². The van der Waals surface area contributed by atoms with Gasteiger partial charge in [-0.15, -0.1) is 0 Å². The molecule has 2 rings (SSSR count). The van der Waals surface area contributed by atoms with E-state index in [-0.39, 0.29) is 6.09 Å². The number of carbonyl (C=O) groups excluding carboxylic acids is 1. The van der Waals surface area contributed by atoms with Gasteiger partial charge >= 0.3 is 6.09 Å². The van der Waals surface area contributed by atoms with Gasteiger partial charge in [-0.1, -0.05) is 0 Å². The minimum atomic E-state index is -0.410. The number of amides is 1. The summed E-state index contributed by atoms with van der Waals surface area (Å²) in [6.07, 6.45) is 3.26. The van der Waals surface area contributed by atoms with Crippen molar-refractivity contribution in [3.05, 3.63) is 0 Å². The Hall–Kier alpha value is -0.810. The molecule has 1 saturated heterocycles. The Labute approximate surface area is 116 Å². The molecule has 5 nitrogen and oxygen atoms in total. The van der Waals surface area contributed by atoms with Crippen LogP contribution in [0.5, 0.6) is 0 Å². The fraction of sp³-hybridized carbons (Fsp3) is 0.929. The van der Waals surface area contributed by atoms with Gasteiger partial charge in [-0.3, -0.25) is 4.90 Å². The summed E-state index contributed by atoms with van der Waals surface area (Å²) in [6.45, 7) is 9.12. The summed E-state index contributed by atoms with van der Waals surface area (Å²) >= 11 is 0. The number of ether oxygens (including phenoxy) is 1. The average Bonchev–Trinajstić information content (AvgIpc) is 2.74. The van der Waals surface area contributed by atoms with Gasteiger partial charge in [-0.2, -0.15) is 0 Å². The lowest BCUT2D eigenvalue weighted by Gasteiger charge is -2.38. The molecule has 110 valence electrons. The van der Waals surface area contributed by atoms with Crippen LogP contribution in [0.4, 0.5) is 4.79 Å². The lowest BCUT2D eigenvalue weighted by Crippen LogP contribution is -2.52. The Morgan fingerprint density at radius 2 is 1.79 bits per heavy atom. The van der Waals surface area contributed by atoms with E-state index in [1.165, 1.54) is 6.42 Å². The van der Waals surface area contributed by atoms with Crippen molar-refractivity contribution in [3.8, 4) is 0 Å². The Balaban J connectivity index is 1.77. The van der Waals surface area contributed by atoms with Crippen LogP contribution in [0, 0.1) is 0 Å². The molecule has 2 N–H and O–H groups in total. The van der Waals surface area contributed by atoms with Crippen molar-refractivity contribution in [3.63, 3.8) is 0 Å². The van der Waals surface area contributed by atoms with Gasteiger partial charge in [0, 0.05) is 38.3 Å². The van der Waals surface area contributed by atoms with Crippen molar-refractivity contribution in [1.29, 1.82) is 0 Å². The minimum absolute atomic E-state index is 0.185. The molecule has 2 unspecified atom stereocenters. The first kappa shape index (κ1) is 14.6. The van der Waals surface area contributed by atoms with E-state index in [0.717, 1.165) is 39.0 Å². The molecule has 2 aliphatic rings. The monoisotopic (exact) mass is 269 g/mol. The molecule has 0 aromatic carbocycles. The number of nitrogens with two attached hydrogens (primary N) is 1. The number of hydrogen-bond donors (Lipinski definition) is 1. The van der Waals surface area contributed by atoms with Crippen LogP contribution < -0.4 is 5.73 Å². The van der Waals surface area contributed by atoms with E-state index in [4.69, 9.17) is 10.5 Å². The second kappa shape index (κ2) is 5.67. The molecule has 0 radical (unpaired) electrons. The van der Waals surface area contributed by atoms with Crippen LogP contribution in [-0.2, 0) is 4.74 Å². The maximum absolute atomic E-state index is 12.0. The van der Waals surface area contributed by atoms with Crippen LogP contribution in [0.25, 0.3) is 0 Å². The molecule has 1 amide bonds. The average molecular weight is 269 g/mol. The highest BCUT2D eigenvalue weighted by molar-refractivity contribution is 5.68. The molecule has 1 heterocycles. The summed E-state index contributed by atoms with van der Waals surface area (Å²) < 4.78 is 5.40. The van der Waals surface area contributed by atoms with Crippen molar-refractivity contribution < 1.29 is 9.53 Å². The first-order chi connectivity index (χ1) is 8.85. The smallest absolute Gasteiger partial charge is 0.410 e. The van der Waals surface area contributed by atoms with Crippen LogP contribution in [0.1, 0.15) is 40.0 Å².